The number of nitrogens with zero attached hydrogens (tertiary/aromatic N) is 2. The topological polar surface area (TPSA) is 78.3 Å². The van der Waals surface area contributed by atoms with Crippen LogP contribution in [0.15, 0.2) is 46.2 Å². The highest BCUT2D eigenvalue weighted by molar-refractivity contribution is 7.90. The SMILES string of the molecule is Cc1cnn(CCOc2cccc(S(C)(=O)=O)c2)c(=O)c1. The fraction of sp³-hybridized carbons (Fsp3) is 0.286. The van der Waals surface area contributed by atoms with Crippen LogP contribution in [-0.4, -0.2) is 31.1 Å². The van der Waals surface area contributed by atoms with E-state index in [0.717, 1.165) is 11.8 Å². The molecule has 1 heterocycles. The summed E-state index contributed by atoms with van der Waals surface area (Å²) in [4.78, 5) is 11.8. The largest absolute Gasteiger partial charge is 0.492 e. The molecular formula is C14H16N2O4S. The van der Waals surface area contributed by atoms with Crippen LogP contribution in [0.25, 0.3) is 0 Å². The zero-order valence-corrected chi connectivity index (χ0v) is 12.6. The van der Waals surface area contributed by atoms with Gasteiger partial charge < -0.3 is 4.74 Å². The zero-order chi connectivity index (χ0) is 15.5. The Morgan fingerprint density at radius 2 is 2.05 bits per heavy atom. The van der Waals surface area contributed by atoms with Crippen LogP contribution in [0.3, 0.4) is 0 Å². The van der Waals surface area contributed by atoms with Crippen molar-refractivity contribution < 1.29 is 13.2 Å². The first-order valence-electron chi connectivity index (χ1n) is 6.33. The smallest absolute Gasteiger partial charge is 0.267 e. The maximum Gasteiger partial charge on any atom is 0.267 e. The first-order valence-corrected chi connectivity index (χ1v) is 8.22. The van der Waals surface area contributed by atoms with Crippen molar-refractivity contribution >= 4 is 9.84 Å². The highest BCUT2D eigenvalue weighted by Gasteiger charge is 2.07. The number of aromatic nitrogens is 2. The molecule has 0 amide bonds. The van der Waals surface area contributed by atoms with E-state index >= 15 is 0 Å². The van der Waals surface area contributed by atoms with E-state index in [2.05, 4.69) is 5.10 Å². The van der Waals surface area contributed by atoms with E-state index in [1.165, 1.54) is 22.9 Å². The van der Waals surface area contributed by atoms with Crippen molar-refractivity contribution in [2.24, 2.45) is 0 Å². The summed E-state index contributed by atoms with van der Waals surface area (Å²) in [5, 5.41) is 3.99. The summed E-state index contributed by atoms with van der Waals surface area (Å²) >= 11 is 0. The molecule has 0 aliphatic heterocycles. The molecule has 0 unspecified atom stereocenters. The van der Waals surface area contributed by atoms with E-state index in [1.54, 1.807) is 25.3 Å². The zero-order valence-electron chi connectivity index (χ0n) is 11.8. The first kappa shape index (κ1) is 15.2. The molecule has 0 radical (unpaired) electrons. The summed E-state index contributed by atoms with van der Waals surface area (Å²) in [6.45, 7) is 2.32. The van der Waals surface area contributed by atoms with E-state index in [4.69, 9.17) is 4.74 Å². The number of aryl methyl sites for hydroxylation is 1. The van der Waals surface area contributed by atoms with Gasteiger partial charge >= 0.3 is 0 Å². The second-order valence-electron chi connectivity index (χ2n) is 4.69. The number of hydrogen-bond acceptors (Lipinski definition) is 5. The van der Waals surface area contributed by atoms with Gasteiger partial charge in [-0.2, -0.15) is 5.10 Å². The maximum absolute atomic E-state index is 11.6. The molecule has 0 atom stereocenters. The summed E-state index contributed by atoms with van der Waals surface area (Å²) in [6, 6.07) is 7.74. The van der Waals surface area contributed by atoms with Crippen molar-refractivity contribution in [2.75, 3.05) is 12.9 Å². The average molecular weight is 308 g/mol. The summed E-state index contributed by atoms with van der Waals surface area (Å²) in [6.07, 6.45) is 2.74. The second kappa shape index (κ2) is 6.09. The molecule has 1 aromatic carbocycles. The molecule has 0 saturated heterocycles. The molecule has 0 aliphatic rings. The lowest BCUT2D eigenvalue weighted by Gasteiger charge is -2.08. The Bertz CT molecular complexity index is 797. The fourth-order valence-electron chi connectivity index (χ4n) is 1.74. The minimum Gasteiger partial charge on any atom is -0.492 e. The van der Waals surface area contributed by atoms with Gasteiger partial charge in [-0.25, -0.2) is 13.1 Å². The molecule has 7 heteroatoms. The van der Waals surface area contributed by atoms with Crippen LogP contribution in [0.4, 0.5) is 0 Å². The molecule has 1 aromatic heterocycles. The highest BCUT2D eigenvalue weighted by atomic mass is 32.2. The van der Waals surface area contributed by atoms with E-state index in [1.807, 2.05) is 0 Å². The van der Waals surface area contributed by atoms with Crippen LogP contribution in [0, 0.1) is 6.92 Å². The van der Waals surface area contributed by atoms with E-state index in [-0.39, 0.29) is 17.1 Å². The normalized spacial score (nSPS) is 11.3. The lowest BCUT2D eigenvalue weighted by Crippen LogP contribution is -2.25. The third kappa shape index (κ3) is 4.16. The summed E-state index contributed by atoms with van der Waals surface area (Å²) < 4.78 is 29.7. The van der Waals surface area contributed by atoms with Gasteiger partial charge in [0, 0.05) is 12.3 Å². The van der Waals surface area contributed by atoms with Gasteiger partial charge in [-0.3, -0.25) is 4.79 Å². The third-order valence-electron chi connectivity index (χ3n) is 2.81. The van der Waals surface area contributed by atoms with Crippen LogP contribution in [0.1, 0.15) is 5.56 Å². The predicted octanol–water partition coefficient (Wildman–Crippen LogP) is 1.03. The fourth-order valence-corrected chi connectivity index (χ4v) is 2.39. The lowest BCUT2D eigenvalue weighted by atomic mass is 10.3. The average Bonchev–Trinajstić information content (AvgIpc) is 2.41. The molecular weight excluding hydrogens is 292 g/mol. The molecule has 6 nitrogen and oxygen atoms in total. The van der Waals surface area contributed by atoms with Crippen molar-refractivity contribution in [1.29, 1.82) is 0 Å². The Kier molecular flexibility index (Phi) is 4.42. The molecule has 0 aliphatic carbocycles. The highest BCUT2D eigenvalue weighted by Crippen LogP contribution is 2.17. The summed E-state index contributed by atoms with van der Waals surface area (Å²) in [5.41, 5.74) is 0.613. The minimum absolute atomic E-state index is 0.191. The van der Waals surface area contributed by atoms with Crippen LogP contribution in [0.2, 0.25) is 0 Å². The van der Waals surface area contributed by atoms with Crippen molar-refractivity contribution in [1.82, 2.24) is 9.78 Å². The molecule has 0 saturated carbocycles. The number of sulfone groups is 1. The molecule has 2 rings (SSSR count). The van der Waals surface area contributed by atoms with E-state index in [0.29, 0.717) is 12.3 Å². The maximum atomic E-state index is 11.6. The number of ether oxygens (including phenoxy) is 1. The molecule has 0 N–H and O–H groups in total. The third-order valence-corrected chi connectivity index (χ3v) is 3.92. The van der Waals surface area contributed by atoms with Gasteiger partial charge in [-0.05, 0) is 30.7 Å². The van der Waals surface area contributed by atoms with Crippen LogP contribution in [-0.2, 0) is 16.4 Å². The molecule has 0 spiro atoms. The van der Waals surface area contributed by atoms with E-state index in [9.17, 15) is 13.2 Å². The van der Waals surface area contributed by atoms with Crippen LogP contribution in [0.5, 0.6) is 5.75 Å². The van der Waals surface area contributed by atoms with Gasteiger partial charge in [0.2, 0.25) is 0 Å². The van der Waals surface area contributed by atoms with Gasteiger partial charge in [-0.1, -0.05) is 6.07 Å². The van der Waals surface area contributed by atoms with Gasteiger partial charge in [0.15, 0.2) is 9.84 Å². The van der Waals surface area contributed by atoms with Gasteiger partial charge in [0.05, 0.1) is 17.6 Å². The Hall–Kier alpha value is -2.15. The molecule has 0 fully saturated rings. The molecule has 112 valence electrons. The minimum atomic E-state index is -3.26. The number of rotatable bonds is 5. The van der Waals surface area contributed by atoms with Crippen LogP contribution >= 0.6 is 0 Å². The van der Waals surface area contributed by atoms with Crippen molar-refractivity contribution in [3.63, 3.8) is 0 Å². The second-order valence-corrected chi connectivity index (χ2v) is 6.71. The first-order chi connectivity index (χ1) is 9.86. The van der Waals surface area contributed by atoms with Crippen molar-refractivity contribution in [2.45, 2.75) is 18.4 Å². The number of hydrogen-bond donors (Lipinski definition) is 0. The van der Waals surface area contributed by atoms with E-state index < -0.39 is 9.84 Å². The Morgan fingerprint density at radius 3 is 2.71 bits per heavy atom. The number of benzene rings is 1. The Morgan fingerprint density at radius 1 is 1.29 bits per heavy atom. The standard InChI is InChI=1S/C14H16N2O4S/c1-11-8-14(17)16(15-10-11)6-7-20-12-4-3-5-13(9-12)21(2,18)19/h3-5,8-10H,6-7H2,1-2H3. The lowest BCUT2D eigenvalue weighted by molar-refractivity contribution is 0.287. The Balaban J connectivity index is 2.02. The van der Waals surface area contributed by atoms with Crippen LogP contribution < -0.4 is 10.3 Å². The molecule has 21 heavy (non-hydrogen) atoms. The quantitative estimate of drug-likeness (QED) is 0.824. The van der Waals surface area contributed by atoms with Crippen molar-refractivity contribution in [3.8, 4) is 5.75 Å². The monoisotopic (exact) mass is 308 g/mol. The predicted molar refractivity (Wildman–Crippen MR) is 78.3 cm³/mol. The molecule has 2 aromatic rings. The summed E-state index contributed by atoms with van der Waals surface area (Å²) in [5.74, 6) is 0.443. The van der Waals surface area contributed by atoms with Gasteiger partial charge in [-0.15, -0.1) is 0 Å². The van der Waals surface area contributed by atoms with Gasteiger partial charge in [0.25, 0.3) is 5.56 Å². The molecule has 0 bridgehead atoms. The van der Waals surface area contributed by atoms with Crippen molar-refractivity contribution in [3.05, 3.63) is 52.4 Å². The Labute approximate surface area is 122 Å². The summed E-state index contributed by atoms with van der Waals surface area (Å²) in [7, 11) is -3.26. The van der Waals surface area contributed by atoms with Gasteiger partial charge in [0.1, 0.15) is 12.4 Å².